The summed E-state index contributed by atoms with van der Waals surface area (Å²) in [6.45, 7) is 0.336. The summed E-state index contributed by atoms with van der Waals surface area (Å²) < 4.78 is 47.4. The number of carbonyl (C=O) groups excluding carboxylic acids is 1. The van der Waals surface area contributed by atoms with E-state index < -0.39 is 18.7 Å². The summed E-state index contributed by atoms with van der Waals surface area (Å²) in [5.74, 6) is 0.577. The molecule has 0 aromatic carbocycles. The van der Waals surface area contributed by atoms with E-state index in [0.717, 1.165) is 31.7 Å². The standard InChI is InChI=1S/C23H23ClF3N7O3/c24-17-3-2-15(12-28-17)37-21-31-19(32-33-21)20(35)30-14-1-4-18(29-11-14)34-7-5-22(6-8-34)9-16(10-22)36-13-23(25,26)27/h1-4,11-12,16H,5-10,13H2,(H,30,35)(H,31,32,33). The van der Waals surface area contributed by atoms with Gasteiger partial charge in [0.05, 0.1) is 24.2 Å². The highest BCUT2D eigenvalue weighted by Crippen LogP contribution is 2.50. The van der Waals surface area contributed by atoms with Crippen LogP contribution in [0.3, 0.4) is 0 Å². The molecule has 1 amide bonds. The molecule has 4 heterocycles. The second-order valence-corrected chi connectivity index (χ2v) is 9.58. The molecule has 0 unspecified atom stereocenters. The van der Waals surface area contributed by atoms with Crippen molar-refractivity contribution in [2.75, 3.05) is 29.9 Å². The maximum Gasteiger partial charge on any atom is 0.411 e. The van der Waals surface area contributed by atoms with Crippen LogP contribution in [-0.2, 0) is 4.74 Å². The van der Waals surface area contributed by atoms with Crippen molar-refractivity contribution < 1.29 is 27.4 Å². The van der Waals surface area contributed by atoms with Crippen LogP contribution >= 0.6 is 11.6 Å². The zero-order valence-corrected chi connectivity index (χ0v) is 20.2. The van der Waals surface area contributed by atoms with Gasteiger partial charge in [-0.2, -0.15) is 18.2 Å². The number of amides is 1. The lowest BCUT2D eigenvalue weighted by Crippen LogP contribution is -2.50. The summed E-state index contributed by atoms with van der Waals surface area (Å²) >= 11 is 5.74. The van der Waals surface area contributed by atoms with E-state index in [1.54, 1.807) is 24.4 Å². The Hall–Kier alpha value is -3.45. The monoisotopic (exact) mass is 537 g/mol. The molecule has 0 radical (unpaired) electrons. The quantitative estimate of drug-likeness (QED) is 0.419. The minimum absolute atomic E-state index is 0.0413. The molecule has 1 aliphatic heterocycles. The molecule has 3 aromatic heterocycles. The molecule has 37 heavy (non-hydrogen) atoms. The van der Waals surface area contributed by atoms with E-state index in [1.165, 1.54) is 6.20 Å². The Morgan fingerprint density at radius 3 is 2.59 bits per heavy atom. The van der Waals surface area contributed by atoms with Crippen LogP contribution in [-0.4, -0.2) is 63.0 Å². The van der Waals surface area contributed by atoms with Gasteiger partial charge in [0, 0.05) is 13.1 Å². The number of nitrogens with one attached hydrogen (secondary N) is 2. The van der Waals surface area contributed by atoms with E-state index >= 15 is 0 Å². The number of nitrogens with zero attached hydrogens (tertiary/aromatic N) is 5. The van der Waals surface area contributed by atoms with Crippen molar-refractivity contribution >= 4 is 29.0 Å². The largest absolute Gasteiger partial charge is 0.422 e. The lowest BCUT2D eigenvalue weighted by atomic mass is 9.61. The van der Waals surface area contributed by atoms with Crippen molar-refractivity contribution in [3.8, 4) is 11.8 Å². The lowest BCUT2D eigenvalue weighted by Gasteiger charge is -2.52. The van der Waals surface area contributed by atoms with Crippen LogP contribution < -0.4 is 15.0 Å². The Kier molecular flexibility index (Phi) is 6.90. The van der Waals surface area contributed by atoms with Gasteiger partial charge in [-0.25, -0.2) is 9.97 Å². The number of rotatable bonds is 7. The molecule has 1 spiro atoms. The van der Waals surface area contributed by atoms with Crippen LogP contribution in [0.2, 0.25) is 5.15 Å². The van der Waals surface area contributed by atoms with E-state index in [0.29, 0.717) is 29.4 Å². The SMILES string of the molecule is O=C(Nc1ccc(N2CCC3(CC2)CC(OCC(F)(F)F)C3)nc1)c1nc(Oc2ccc(Cl)nc2)n[nH]1. The number of alkyl halides is 3. The maximum atomic E-state index is 12.5. The summed E-state index contributed by atoms with van der Waals surface area (Å²) in [5, 5.41) is 9.40. The van der Waals surface area contributed by atoms with Crippen molar-refractivity contribution in [3.63, 3.8) is 0 Å². The van der Waals surface area contributed by atoms with Gasteiger partial charge in [-0.05, 0) is 55.4 Å². The molecule has 5 rings (SSSR count). The molecule has 196 valence electrons. The Labute approximate surface area is 214 Å². The zero-order valence-electron chi connectivity index (χ0n) is 19.5. The average Bonchev–Trinajstić information content (AvgIpc) is 3.32. The van der Waals surface area contributed by atoms with Gasteiger partial charge < -0.3 is 19.7 Å². The Morgan fingerprint density at radius 2 is 1.95 bits per heavy atom. The summed E-state index contributed by atoms with van der Waals surface area (Å²) in [6.07, 6.45) is 1.45. The summed E-state index contributed by atoms with van der Waals surface area (Å²) in [7, 11) is 0. The molecule has 0 bridgehead atoms. The molecule has 0 atom stereocenters. The lowest BCUT2D eigenvalue weighted by molar-refractivity contribution is -0.207. The van der Waals surface area contributed by atoms with Crippen LogP contribution in [0.15, 0.2) is 36.7 Å². The van der Waals surface area contributed by atoms with Crippen LogP contribution in [0.25, 0.3) is 0 Å². The minimum Gasteiger partial charge on any atom is -0.422 e. The van der Waals surface area contributed by atoms with Gasteiger partial charge in [-0.3, -0.25) is 9.89 Å². The van der Waals surface area contributed by atoms with Gasteiger partial charge >= 0.3 is 12.2 Å². The summed E-state index contributed by atoms with van der Waals surface area (Å²) in [4.78, 5) is 27.0. The molecule has 2 fully saturated rings. The molecular weight excluding hydrogens is 515 g/mol. The summed E-state index contributed by atoms with van der Waals surface area (Å²) in [6, 6.07) is 6.65. The Morgan fingerprint density at radius 1 is 1.16 bits per heavy atom. The van der Waals surface area contributed by atoms with E-state index in [9.17, 15) is 18.0 Å². The molecule has 14 heteroatoms. The van der Waals surface area contributed by atoms with Crippen molar-refractivity contribution in [1.82, 2.24) is 25.1 Å². The number of piperidine rings is 1. The van der Waals surface area contributed by atoms with E-state index in [4.69, 9.17) is 21.1 Å². The Balaban J connectivity index is 1.09. The van der Waals surface area contributed by atoms with Crippen LogP contribution in [0, 0.1) is 5.41 Å². The molecule has 3 aromatic rings. The van der Waals surface area contributed by atoms with E-state index in [2.05, 4.69) is 35.4 Å². The van der Waals surface area contributed by atoms with Gasteiger partial charge in [0.25, 0.3) is 5.91 Å². The predicted octanol–water partition coefficient (Wildman–Crippen LogP) is 4.62. The smallest absolute Gasteiger partial charge is 0.411 e. The second kappa shape index (κ2) is 10.1. The minimum atomic E-state index is -4.29. The van der Waals surface area contributed by atoms with Crippen LogP contribution in [0.1, 0.15) is 36.3 Å². The number of hydrogen-bond acceptors (Lipinski definition) is 8. The third kappa shape index (κ3) is 6.28. The van der Waals surface area contributed by atoms with Crippen molar-refractivity contribution in [3.05, 3.63) is 47.6 Å². The molecule has 2 aliphatic rings. The van der Waals surface area contributed by atoms with Gasteiger partial charge in [0.15, 0.2) is 0 Å². The first-order chi connectivity index (χ1) is 17.7. The number of anilines is 2. The molecule has 1 aliphatic carbocycles. The zero-order chi connectivity index (χ0) is 26.0. The molecule has 1 saturated carbocycles. The topological polar surface area (TPSA) is 118 Å². The predicted molar refractivity (Wildman–Crippen MR) is 127 cm³/mol. The first kappa shape index (κ1) is 25.2. The number of aromatic nitrogens is 5. The number of hydrogen-bond donors (Lipinski definition) is 2. The van der Waals surface area contributed by atoms with Gasteiger partial charge in [-0.1, -0.05) is 11.6 Å². The van der Waals surface area contributed by atoms with Crippen molar-refractivity contribution in [2.45, 2.75) is 38.0 Å². The fourth-order valence-corrected chi connectivity index (χ4v) is 4.73. The molecule has 2 N–H and O–H groups in total. The number of carbonyl (C=O) groups is 1. The number of aromatic amines is 1. The van der Waals surface area contributed by atoms with Crippen molar-refractivity contribution in [2.24, 2.45) is 5.41 Å². The van der Waals surface area contributed by atoms with Gasteiger partial charge in [0.2, 0.25) is 5.82 Å². The third-order valence-corrected chi connectivity index (χ3v) is 6.77. The molecular formula is C23H23ClF3N7O3. The number of ether oxygens (including phenoxy) is 2. The fraction of sp³-hybridized carbons (Fsp3) is 0.435. The number of halogens is 4. The van der Waals surface area contributed by atoms with E-state index in [-0.39, 0.29) is 23.4 Å². The van der Waals surface area contributed by atoms with Gasteiger partial charge in [0.1, 0.15) is 23.3 Å². The number of pyridine rings is 2. The fourth-order valence-electron chi connectivity index (χ4n) is 4.61. The Bertz CT molecular complexity index is 1220. The molecule has 1 saturated heterocycles. The first-order valence-electron chi connectivity index (χ1n) is 11.6. The average molecular weight is 538 g/mol. The van der Waals surface area contributed by atoms with E-state index in [1.807, 2.05) is 6.07 Å². The van der Waals surface area contributed by atoms with Gasteiger partial charge in [-0.15, -0.1) is 5.10 Å². The van der Waals surface area contributed by atoms with Crippen LogP contribution in [0.5, 0.6) is 11.8 Å². The highest BCUT2D eigenvalue weighted by molar-refractivity contribution is 6.29. The number of H-pyrrole nitrogens is 1. The summed E-state index contributed by atoms with van der Waals surface area (Å²) in [5.41, 5.74) is 0.538. The van der Waals surface area contributed by atoms with Crippen molar-refractivity contribution in [1.29, 1.82) is 0 Å². The first-order valence-corrected chi connectivity index (χ1v) is 12.0. The normalized spacial score (nSPS) is 17.5. The second-order valence-electron chi connectivity index (χ2n) is 9.19. The van der Waals surface area contributed by atoms with Crippen LogP contribution in [0.4, 0.5) is 24.7 Å². The molecule has 10 nitrogen and oxygen atoms in total. The highest BCUT2D eigenvalue weighted by atomic mass is 35.5. The third-order valence-electron chi connectivity index (χ3n) is 6.55. The highest BCUT2D eigenvalue weighted by Gasteiger charge is 2.47. The maximum absolute atomic E-state index is 12.5.